The molecule has 0 saturated carbocycles. The van der Waals surface area contributed by atoms with Crippen molar-refractivity contribution in [2.45, 2.75) is 6.54 Å². The smallest absolute Gasteiger partial charge is 0.356 e. The molecule has 1 aromatic heterocycles. The van der Waals surface area contributed by atoms with Gasteiger partial charge in [-0.2, -0.15) is 0 Å². The summed E-state index contributed by atoms with van der Waals surface area (Å²) >= 11 is 0. The number of carboxylic acid groups (broad SMARTS) is 1. The van der Waals surface area contributed by atoms with E-state index in [0.29, 0.717) is 0 Å². The van der Waals surface area contributed by atoms with Crippen molar-refractivity contribution in [3.05, 3.63) is 23.8 Å². The maximum atomic E-state index is 10.6. The summed E-state index contributed by atoms with van der Waals surface area (Å²) in [4.78, 5) is 23.2. The minimum atomic E-state index is -1.04. The number of hydrogen-bond donors (Lipinski definition) is 1. The van der Waals surface area contributed by atoms with Crippen LogP contribution in [0.2, 0.25) is 0 Å². The molecule has 0 bridgehead atoms. The first-order valence-electron chi connectivity index (χ1n) is 5.60. The van der Waals surface area contributed by atoms with Crippen LogP contribution in [0.1, 0.15) is 16.2 Å². The van der Waals surface area contributed by atoms with Gasteiger partial charge in [0.1, 0.15) is 0 Å². The predicted octanol–water partition coefficient (Wildman–Crippen LogP) is -0.0778. The first-order chi connectivity index (χ1) is 8.15. The molecule has 2 rings (SSSR count). The van der Waals surface area contributed by atoms with Gasteiger partial charge in [-0.3, -0.25) is 9.88 Å². The number of carboxylic acids is 1. The monoisotopic (exact) mass is 236 g/mol. The van der Waals surface area contributed by atoms with E-state index in [4.69, 9.17) is 5.11 Å². The lowest BCUT2D eigenvalue weighted by atomic mass is 10.3. The normalized spacial score (nSPS) is 18.2. The van der Waals surface area contributed by atoms with Crippen molar-refractivity contribution in [3.8, 4) is 0 Å². The Morgan fingerprint density at radius 1 is 1.29 bits per heavy atom. The third-order valence-corrected chi connectivity index (χ3v) is 2.91. The molecule has 0 amide bonds. The van der Waals surface area contributed by atoms with Gasteiger partial charge >= 0.3 is 5.97 Å². The summed E-state index contributed by atoms with van der Waals surface area (Å²) in [6.07, 6.45) is 2.86. The number of rotatable bonds is 3. The Balaban J connectivity index is 1.92. The van der Waals surface area contributed by atoms with E-state index < -0.39 is 5.97 Å². The number of carbonyl (C=O) groups is 1. The average molecular weight is 236 g/mol. The Bertz CT molecular complexity index is 385. The van der Waals surface area contributed by atoms with E-state index in [1.54, 1.807) is 6.20 Å². The maximum absolute atomic E-state index is 10.6. The van der Waals surface area contributed by atoms with Crippen molar-refractivity contribution in [2.24, 2.45) is 0 Å². The molecule has 0 aliphatic carbocycles. The van der Waals surface area contributed by atoms with Crippen LogP contribution in [0.5, 0.6) is 0 Å². The van der Waals surface area contributed by atoms with Gasteiger partial charge in [-0.1, -0.05) is 0 Å². The van der Waals surface area contributed by atoms with Crippen LogP contribution in [0.25, 0.3) is 0 Å². The number of piperazine rings is 1. The van der Waals surface area contributed by atoms with Gasteiger partial charge in [-0.05, 0) is 7.05 Å². The van der Waals surface area contributed by atoms with E-state index in [9.17, 15) is 4.79 Å². The van der Waals surface area contributed by atoms with Gasteiger partial charge in [0.2, 0.25) is 0 Å². The molecule has 1 saturated heterocycles. The molecule has 1 N–H and O–H groups in total. The molecule has 17 heavy (non-hydrogen) atoms. The van der Waals surface area contributed by atoms with Gasteiger partial charge in [0, 0.05) is 32.7 Å². The molecule has 92 valence electrons. The summed E-state index contributed by atoms with van der Waals surface area (Å²) in [5.41, 5.74) is 0.812. The molecule has 1 aliphatic heterocycles. The maximum Gasteiger partial charge on any atom is 0.356 e. The first kappa shape index (κ1) is 11.9. The third-order valence-electron chi connectivity index (χ3n) is 2.91. The largest absolute Gasteiger partial charge is 0.476 e. The van der Waals surface area contributed by atoms with Crippen LogP contribution in [0, 0.1) is 0 Å². The molecule has 1 aliphatic rings. The molecule has 0 spiro atoms. The molecule has 0 aromatic carbocycles. The summed E-state index contributed by atoms with van der Waals surface area (Å²) in [6, 6.07) is 0. The lowest BCUT2D eigenvalue weighted by Crippen LogP contribution is -2.44. The van der Waals surface area contributed by atoms with Crippen molar-refractivity contribution in [3.63, 3.8) is 0 Å². The Hall–Kier alpha value is -1.53. The zero-order valence-corrected chi connectivity index (χ0v) is 9.83. The predicted molar refractivity (Wildman–Crippen MR) is 61.8 cm³/mol. The number of hydrogen-bond acceptors (Lipinski definition) is 5. The van der Waals surface area contributed by atoms with Crippen LogP contribution in [0.3, 0.4) is 0 Å². The Morgan fingerprint density at radius 3 is 2.53 bits per heavy atom. The molecular formula is C11H16N4O2. The Kier molecular flexibility index (Phi) is 3.65. The fourth-order valence-corrected chi connectivity index (χ4v) is 1.78. The molecule has 2 heterocycles. The Labute approximate surface area is 99.9 Å². The zero-order valence-electron chi connectivity index (χ0n) is 9.83. The van der Waals surface area contributed by atoms with E-state index in [-0.39, 0.29) is 5.69 Å². The SMILES string of the molecule is CN1CCN(Cc2cnc(C(=O)O)cn2)CC1. The number of nitrogens with zero attached hydrogens (tertiary/aromatic N) is 4. The number of aromatic carboxylic acids is 1. The molecule has 6 nitrogen and oxygen atoms in total. The fourth-order valence-electron chi connectivity index (χ4n) is 1.78. The van der Waals surface area contributed by atoms with Crippen molar-refractivity contribution < 1.29 is 9.90 Å². The second kappa shape index (κ2) is 5.20. The van der Waals surface area contributed by atoms with E-state index in [2.05, 4.69) is 26.8 Å². The summed E-state index contributed by atoms with van der Waals surface area (Å²) in [6.45, 7) is 4.87. The van der Waals surface area contributed by atoms with Crippen molar-refractivity contribution >= 4 is 5.97 Å². The molecular weight excluding hydrogens is 220 g/mol. The molecule has 6 heteroatoms. The highest BCUT2D eigenvalue weighted by Crippen LogP contribution is 2.05. The van der Waals surface area contributed by atoms with Crippen LogP contribution < -0.4 is 0 Å². The van der Waals surface area contributed by atoms with Gasteiger partial charge in [0.05, 0.1) is 18.1 Å². The summed E-state index contributed by atoms with van der Waals surface area (Å²) < 4.78 is 0. The van der Waals surface area contributed by atoms with E-state index >= 15 is 0 Å². The Morgan fingerprint density at radius 2 is 2.00 bits per heavy atom. The van der Waals surface area contributed by atoms with Crippen molar-refractivity contribution in [2.75, 3.05) is 33.2 Å². The second-order valence-corrected chi connectivity index (χ2v) is 4.28. The molecule has 1 fully saturated rings. The zero-order chi connectivity index (χ0) is 12.3. The molecule has 0 atom stereocenters. The summed E-state index contributed by atoms with van der Waals surface area (Å²) in [7, 11) is 2.11. The van der Waals surface area contributed by atoms with Crippen LogP contribution >= 0.6 is 0 Å². The minimum Gasteiger partial charge on any atom is -0.476 e. The summed E-state index contributed by atoms with van der Waals surface area (Å²) in [5.74, 6) is -1.04. The topological polar surface area (TPSA) is 69.6 Å². The highest BCUT2D eigenvalue weighted by molar-refractivity contribution is 5.84. The van der Waals surface area contributed by atoms with Crippen molar-refractivity contribution in [1.82, 2.24) is 19.8 Å². The standard InChI is InChI=1S/C11H16N4O2/c1-14-2-4-15(5-3-14)8-9-6-13-10(7-12-9)11(16)17/h6-7H,2-5,8H2,1H3,(H,16,17). The highest BCUT2D eigenvalue weighted by Gasteiger charge is 2.14. The van der Waals surface area contributed by atoms with E-state index in [0.717, 1.165) is 38.4 Å². The number of aromatic nitrogens is 2. The highest BCUT2D eigenvalue weighted by atomic mass is 16.4. The van der Waals surface area contributed by atoms with Gasteiger partial charge in [-0.15, -0.1) is 0 Å². The van der Waals surface area contributed by atoms with E-state index in [1.165, 1.54) is 6.20 Å². The third kappa shape index (κ3) is 3.21. The fraction of sp³-hybridized carbons (Fsp3) is 0.545. The van der Waals surface area contributed by atoms with E-state index in [1.807, 2.05) is 0 Å². The molecule has 0 unspecified atom stereocenters. The molecule has 1 aromatic rings. The minimum absolute atomic E-state index is 0.00729. The molecule has 0 radical (unpaired) electrons. The van der Waals surface area contributed by atoms with Gasteiger partial charge in [0.15, 0.2) is 5.69 Å². The van der Waals surface area contributed by atoms with Gasteiger partial charge in [-0.25, -0.2) is 9.78 Å². The lowest BCUT2D eigenvalue weighted by molar-refractivity contribution is 0.0690. The second-order valence-electron chi connectivity index (χ2n) is 4.28. The van der Waals surface area contributed by atoms with Gasteiger partial charge in [0.25, 0.3) is 0 Å². The van der Waals surface area contributed by atoms with Crippen LogP contribution in [0.15, 0.2) is 12.4 Å². The van der Waals surface area contributed by atoms with Crippen LogP contribution in [-0.2, 0) is 6.54 Å². The average Bonchev–Trinajstić information content (AvgIpc) is 2.33. The van der Waals surface area contributed by atoms with Gasteiger partial charge < -0.3 is 10.0 Å². The van der Waals surface area contributed by atoms with Crippen LogP contribution in [-0.4, -0.2) is 64.1 Å². The number of likely N-dealkylation sites (N-methyl/N-ethyl adjacent to an activating group) is 1. The quantitative estimate of drug-likeness (QED) is 0.791. The van der Waals surface area contributed by atoms with Crippen molar-refractivity contribution in [1.29, 1.82) is 0 Å². The summed E-state index contributed by atoms with van der Waals surface area (Å²) in [5, 5.41) is 8.71. The first-order valence-corrected chi connectivity index (χ1v) is 5.60. The lowest BCUT2D eigenvalue weighted by Gasteiger charge is -2.31. The van der Waals surface area contributed by atoms with Crippen LogP contribution in [0.4, 0.5) is 0 Å².